The van der Waals surface area contributed by atoms with Crippen LogP contribution < -0.4 is 14.8 Å². The van der Waals surface area contributed by atoms with Crippen LogP contribution in [0.5, 0.6) is 11.5 Å². The van der Waals surface area contributed by atoms with E-state index in [1.54, 1.807) is 31.4 Å². The Morgan fingerprint density at radius 2 is 1.82 bits per heavy atom. The molecule has 0 bridgehead atoms. The van der Waals surface area contributed by atoms with E-state index in [-0.39, 0.29) is 18.1 Å². The Labute approximate surface area is 197 Å². The van der Waals surface area contributed by atoms with Crippen LogP contribution in [0.15, 0.2) is 72.4 Å². The number of imide groups is 1. The SMILES string of the molecule is COc1cc(/C=C2/NC(=O)N(Cc3cccc(C)c3)C2=O)ccc1OCc1ccccc1Cl. The highest BCUT2D eigenvalue weighted by Gasteiger charge is 2.33. The molecule has 0 saturated carbocycles. The smallest absolute Gasteiger partial charge is 0.329 e. The number of aryl methyl sites for hydroxylation is 1. The molecular weight excluding hydrogens is 440 g/mol. The van der Waals surface area contributed by atoms with Crippen LogP contribution in [-0.2, 0) is 17.9 Å². The average molecular weight is 463 g/mol. The molecule has 1 aliphatic heterocycles. The normalized spacial score (nSPS) is 14.5. The second-order valence-electron chi connectivity index (χ2n) is 7.66. The van der Waals surface area contributed by atoms with Crippen molar-refractivity contribution in [1.29, 1.82) is 0 Å². The number of amides is 3. The fourth-order valence-electron chi connectivity index (χ4n) is 3.54. The van der Waals surface area contributed by atoms with E-state index in [1.807, 2.05) is 55.5 Å². The van der Waals surface area contributed by atoms with E-state index in [2.05, 4.69) is 5.32 Å². The van der Waals surface area contributed by atoms with Crippen molar-refractivity contribution in [2.45, 2.75) is 20.1 Å². The van der Waals surface area contributed by atoms with Crippen molar-refractivity contribution in [3.05, 3.63) is 99.7 Å². The van der Waals surface area contributed by atoms with Crippen LogP contribution in [0.3, 0.4) is 0 Å². The highest BCUT2D eigenvalue weighted by molar-refractivity contribution is 6.31. The second-order valence-corrected chi connectivity index (χ2v) is 8.07. The van der Waals surface area contributed by atoms with Gasteiger partial charge in [0.25, 0.3) is 5.91 Å². The van der Waals surface area contributed by atoms with Crippen molar-refractivity contribution in [3.63, 3.8) is 0 Å². The van der Waals surface area contributed by atoms with Gasteiger partial charge in [0.2, 0.25) is 0 Å². The highest BCUT2D eigenvalue weighted by Crippen LogP contribution is 2.31. The summed E-state index contributed by atoms with van der Waals surface area (Å²) in [6.07, 6.45) is 1.62. The first kappa shape index (κ1) is 22.4. The van der Waals surface area contributed by atoms with E-state index < -0.39 is 6.03 Å². The number of hydrogen-bond acceptors (Lipinski definition) is 4. The van der Waals surface area contributed by atoms with Gasteiger partial charge in [-0.2, -0.15) is 0 Å². The maximum absolute atomic E-state index is 12.8. The minimum absolute atomic E-state index is 0.208. The number of carbonyl (C=O) groups is 2. The summed E-state index contributed by atoms with van der Waals surface area (Å²) in [6, 6.07) is 20.0. The molecule has 33 heavy (non-hydrogen) atoms. The molecule has 1 saturated heterocycles. The maximum atomic E-state index is 12.8. The van der Waals surface area contributed by atoms with Gasteiger partial charge in [0, 0.05) is 10.6 Å². The van der Waals surface area contributed by atoms with E-state index in [9.17, 15) is 9.59 Å². The largest absolute Gasteiger partial charge is 0.493 e. The van der Waals surface area contributed by atoms with Gasteiger partial charge >= 0.3 is 6.03 Å². The predicted octanol–water partition coefficient (Wildman–Crippen LogP) is 5.33. The number of nitrogens with one attached hydrogen (secondary N) is 1. The number of urea groups is 1. The third kappa shape index (κ3) is 5.18. The minimum Gasteiger partial charge on any atom is -0.493 e. The number of methoxy groups -OCH3 is 1. The van der Waals surface area contributed by atoms with Gasteiger partial charge in [-0.3, -0.25) is 9.69 Å². The fraction of sp³-hybridized carbons (Fsp3) is 0.154. The van der Waals surface area contributed by atoms with Crippen LogP contribution in [-0.4, -0.2) is 23.9 Å². The van der Waals surface area contributed by atoms with Crippen LogP contribution in [0.25, 0.3) is 6.08 Å². The number of ether oxygens (including phenoxy) is 2. The van der Waals surface area contributed by atoms with Crippen LogP contribution >= 0.6 is 11.6 Å². The Balaban J connectivity index is 1.49. The lowest BCUT2D eigenvalue weighted by atomic mass is 10.1. The Morgan fingerprint density at radius 1 is 1.00 bits per heavy atom. The van der Waals surface area contributed by atoms with Gasteiger partial charge in [0.15, 0.2) is 11.5 Å². The molecule has 0 aromatic heterocycles. The third-order valence-corrected chi connectivity index (χ3v) is 5.59. The van der Waals surface area contributed by atoms with Crippen LogP contribution in [0.1, 0.15) is 22.3 Å². The molecule has 7 heteroatoms. The molecule has 168 valence electrons. The molecule has 3 amide bonds. The highest BCUT2D eigenvalue weighted by atomic mass is 35.5. The molecule has 3 aromatic rings. The fourth-order valence-corrected chi connectivity index (χ4v) is 3.73. The topological polar surface area (TPSA) is 67.9 Å². The number of benzene rings is 3. The first-order chi connectivity index (χ1) is 15.9. The molecule has 0 radical (unpaired) electrons. The maximum Gasteiger partial charge on any atom is 0.329 e. The lowest BCUT2D eigenvalue weighted by Gasteiger charge is -2.12. The number of hydrogen-bond donors (Lipinski definition) is 1. The number of carbonyl (C=O) groups excluding carboxylic acids is 2. The van der Waals surface area contributed by atoms with Gasteiger partial charge in [-0.25, -0.2) is 4.79 Å². The van der Waals surface area contributed by atoms with Crippen molar-refractivity contribution in [3.8, 4) is 11.5 Å². The van der Waals surface area contributed by atoms with Crippen molar-refractivity contribution in [2.75, 3.05) is 7.11 Å². The summed E-state index contributed by atoms with van der Waals surface area (Å²) in [7, 11) is 1.54. The van der Waals surface area contributed by atoms with E-state index in [4.69, 9.17) is 21.1 Å². The van der Waals surface area contributed by atoms with Gasteiger partial charge in [0.05, 0.1) is 13.7 Å². The van der Waals surface area contributed by atoms with Gasteiger partial charge in [-0.05, 0) is 42.3 Å². The Hall–Kier alpha value is -3.77. The van der Waals surface area contributed by atoms with E-state index in [1.165, 1.54) is 4.90 Å². The molecule has 1 fully saturated rings. The molecule has 1 heterocycles. The van der Waals surface area contributed by atoms with Crippen LogP contribution in [0.2, 0.25) is 5.02 Å². The third-order valence-electron chi connectivity index (χ3n) is 5.23. The van der Waals surface area contributed by atoms with Crippen molar-refractivity contribution in [2.24, 2.45) is 0 Å². The van der Waals surface area contributed by atoms with Gasteiger partial charge in [0.1, 0.15) is 12.3 Å². The number of nitrogens with zero attached hydrogens (tertiary/aromatic N) is 1. The zero-order valence-electron chi connectivity index (χ0n) is 18.3. The average Bonchev–Trinajstić information content (AvgIpc) is 3.06. The van der Waals surface area contributed by atoms with Crippen molar-refractivity contribution < 1.29 is 19.1 Å². The first-order valence-electron chi connectivity index (χ1n) is 10.4. The van der Waals surface area contributed by atoms with E-state index >= 15 is 0 Å². The van der Waals surface area contributed by atoms with Gasteiger partial charge in [-0.15, -0.1) is 0 Å². The Bertz CT molecular complexity index is 1240. The minimum atomic E-state index is -0.445. The number of halogens is 1. The molecule has 0 atom stereocenters. The zero-order valence-corrected chi connectivity index (χ0v) is 19.1. The molecule has 0 unspecified atom stereocenters. The summed E-state index contributed by atoms with van der Waals surface area (Å²) in [4.78, 5) is 26.4. The van der Waals surface area contributed by atoms with Gasteiger partial charge in [-0.1, -0.05) is 65.7 Å². The van der Waals surface area contributed by atoms with Crippen LogP contribution in [0, 0.1) is 6.92 Å². The van der Waals surface area contributed by atoms with E-state index in [0.29, 0.717) is 28.7 Å². The monoisotopic (exact) mass is 462 g/mol. The molecule has 1 aliphatic rings. The summed E-state index contributed by atoms with van der Waals surface area (Å²) in [6.45, 7) is 2.47. The molecule has 0 aliphatic carbocycles. The Morgan fingerprint density at radius 3 is 2.58 bits per heavy atom. The lowest BCUT2D eigenvalue weighted by Crippen LogP contribution is -2.30. The quantitative estimate of drug-likeness (QED) is 0.380. The summed E-state index contributed by atoms with van der Waals surface area (Å²) >= 11 is 6.19. The van der Waals surface area contributed by atoms with Crippen LogP contribution in [0.4, 0.5) is 4.79 Å². The first-order valence-corrected chi connectivity index (χ1v) is 10.8. The molecule has 0 spiro atoms. The second kappa shape index (κ2) is 9.79. The Kier molecular flexibility index (Phi) is 6.66. The van der Waals surface area contributed by atoms with Gasteiger partial charge < -0.3 is 14.8 Å². The summed E-state index contributed by atoms with van der Waals surface area (Å²) in [5, 5.41) is 3.28. The van der Waals surface area contributed by atoms with Crippen molar-refractivity contribution >= 4 is 29.6 Å². The molecule has 1 N–H and O–H groups in total. The summed E-state index contributed by atoms with van der Waals surface area (Å²) in [5.74, 6) is 0.673. The lowest BCUT2D eigenvalue weighted by molar-refractivity contribution is -0.123. The van der Waals surface area contributed by atoms with Crippen molar-refractivity contribution in [1.82, 2.24) is 10.2 Å². The number of rotatable bonds is 7. The molecule has 3 aromatic carbocycles. The predicted molar refractivity (Wildman–Crippen MR) is 127 cm³/mol. The zero-order chi connectivity index (χ0) is 23.4. The molecule has 4 rings (SSSR count). The standard InChI is InChI=1S/C26H23ClN2O4/c1-17-6-5-7-19(12-17)15-29-25(30)22(28-26(29)31)13-18-10-11-23(24(14-18)32-2)33-16-20-8-3-4-9-21(20)27/h3-14H,15-16H2,1-2H3,(H,28,31)/b22-13+. The molecule has 6 nitrogen and oxygen atoms in total. The van der Waals surface area contributed by atoms with E-state index in [0.717, 1.165) is 16.7 Å². The summed E-state index contributed by atoms with van der Waals surface area (Å²) < 4.78 is 11.3. The molecular formula is C26H23ClN2O4. The summed E-state index contributed by atoms with van der Waals surface area (Å²) in [5.41, 5.74) is 3.72.